The Kier molecular flexibility index (Phi) is 4.49. The zero-order valence-electron chi connectivity index (χ0n) is 14.4. The SMILES string of the molecule is C/C(=C1/C[C@@H](c2ccccc2)O[C@H]1c1ccccc1)c1ccccc1. The van der Waals surface area contributed by atoms with Crippen LogP contribution < -0.4 is 0 Å². The largest absolute Gasteiger partial charge is 0.361 e. The van der Waals surface area contributed by atoms with Crippen LogP contribution in [0.3, 0.4) is 0 Å². The van der Waals surface area contributed by atoms with E-state index in [1.807, 2.05) is 0 Å². The van der Waals surface area contributed by atoms with Crippen LogP contribution in [0.1, 0.15) is 42.2 Å². The Bertz CT molecular complexity index is 850. The fraction of sp³-hybridized carbons (Fsp3) is 0.167. The van der Waals surface area contributed by atoms with Crippen molar-refractivity contribution in [2.24, 2.45) is 0 Å². The molecule has 0 N–H and O–H groups in total. The van der Waals surface area contributed by atoms with E-state index in [1.54, 1.807) is 0 Å². The van der Waals surface area contributed by atoms with Gasteiger partial charge in [-0.3, -0.25) is 0 Å². The molecule has 3 aromatic carbocycles. The van der Waals surface area contributed by atoms with Gasteiger partial charge in [0.15, 0.2) is 0 Å². The Labute approximate surface area is 149 Å². The van der Waals surface area contributed by atoms with Crippen molar-refractivity contribution < 1.29 is 4.74 Å². The van der Waals surface area contributed by atoms with Crippen LogP contribution in [-0.2, 0) is 4.74 Å². The molecule has 2 atom stereocenters. The predicted molar refractivity (Wildman–Crippen MR) is 103 cm³/mol. The molecular formula is C24H22O. The van der Waals surface area contributed by atoms with Gasteiger partial charge in [-0.15, -0.1) is 0 Å². The molecule has 0 radical (unpaired) electrons. The number of ether oxygens (including phenoxy) is 1. The van der Waals surface area contributed by atoms with Gasteiger partial charge >= 0.3 is 0 Å². The Morgan fingerprint density at radius 3 is 1.84 bits per heavy atom. The second-order valence-electron chi connectivity index (χ2n) is 6.55. The number of benzene rings is 3. The summed E-state index contributed by atoms with van der Waals surface area (Å²) in [6.07, 6.45) is 1.07. The number of rotatable bonds is 3. The van der Waals surface area contributed by atoms with E-state index in [9.17, 15) is 0 Å². The summed E-state index contributed by atoms with van der Waals surface area (Å²) < 4.78 is 6.53. The molecule has 0 bridgehead atoms. The summed E-state index contributed by atoms with van der Waals surface area (Å²) in [5.41, 5.74) is 6.46. The molecule has 0 aromatic heterocycles. The van der Waals surface area contributed by atoms with Gasteiger partial charge in [0.1, 0.15) is 6.10 Å². The maximum atomic E-state index is 6.53. The lowest BCUT2D eigenvalue weighted by molar-refractivity contribution is 0.0517. The van der Waals surface area contributed by atoms with Crippen LogP contribution in [0.25, 0.3) is 5.57 Å². The minimum Gasteiger partial charge on any atom is -0.361 e. The average Bonchev–Trinajstić information content (AvgIpc) is 3.15. The molecule has 0 aliphatic carbocycles. The highest BCUT2D eigenvalue weighted by Gasteiger charge is 2.33. The van der Waals surface area contributed by atoms with Crippen molar-refractivity contribution in [2.45, 2.75) is 25.6 Å². The van der Waals surface area contributed by atoms with Gasteiger partial charge in [-0.25, -0.2) is 0 Å². The van der Waals surface area contributed by atoms with Gasteiger partial charge in [-0.2, -0.15) is 0 Å². The third kappa shape index (κ3) is 3.29. The van der Waals surface area contributed by atoms with Gasteiger partial charge in [0.2, 0.25) is 0 Å². The van der Waals surface area contributed by atoms with Crippen molar-refractivity contribution in [1.82, 2.24) is 0 Å². The number of allylic oxidation sites excluding steroid dienone is 1. The summed E-state index contributed by atoms with van der Waals surface area (Å²) in [5, 5.41) is 0. The topological polar surface area (TPSA) is 9.23 Å². The molecule has 1 fully saturated rings. The first-order valence-corrected chi connectivity index (χ1v) is 8.83. The molecule has 3 aromatic rings. The highest BCUT2D eigenvalue weighted by atomic mass is 16.5. The van der Waals surface area contributed by atoms with Crippen molar-refractivity contribution >= 4 is 5.57 Å². The smallest absolute Gasteiger partial charge is 0.105 e. The fourth-order valence-corrected chi connectivity index (χ4v) is 3.60. The van der Waals surface area contributed by atoms with E-state index in [2.05, 4.69) is 97.9 Å². The standard InChI is InChI=1S/C24H22O/c1-18(19-11-5-2-6-12-19)22-17-23(20-13-7-3-8-14-20)25-24(22)21-15-9-4-10-16-21/h2-16,23-24H,17H2,1H3/b22-18+/t23-,24-/m0/s1. The zero-order chi connectivity index (χ0) is 17.1. The third-order valence-electron chi connectivity index (χ3n) is 4.98. The van der Waals surface area contributed by atoms with E-state index in [0.717, 1.165) is 6.42 Å². The van der Waals surface area contributed by atoms with Gasteiger partial charge in [-0.05, 0) is 34.8 Å². The van der Waals surface area contributed by atoms with Gasteiger partial charge in [0.25, 0.3) is 0 Å². The van der Waals surface area contributed by atoms with E-state index in [-0.39, 0.29) is 12.2 Å². The first-order chi connectivity index (χ1) is 12.3. The summed E-state index contributed by atoms with van der Waals surface area (Å²) in [4.78, 5) is 0. The molecule has 1 heteroatoms. The lowest BCUT2D eigenvalue weighted by Crippen LogP contribution is -2.01. The molecule has 4 rings (SSSR count). The van der Waals surface area contributed by atoms with E-state index in [1.165, 1.54) is 27.8 Å². The van der Waals surface area contributed by atoms with Crippen LogP contribution in [0.5, 0.6) is 0 Å². The van der Waals surface area contributed by atoms with Gasteiger partial charge in [-0.1, -0.05) is 91.0 Å². The second kappa shape index (κ2) is 7.08. The number of hydrogen-bond acceptors (Lipinski definition) is 1. The molecule has 1 saturated heterocycles. The molecule has 1 aliphatic heterocycles. The molecule has 25 heavy (non-hydrogen) atoms. The maximum Gasteiger partial charge on any atom is 0.105 e. The quantitative estimate of drug-likeness (QED) is 0.544. The van der Waals surface area contributed by atoms with Crippen LogP contribution in [0.2, 0.25) is 0 Å². The summed E-state index contributed by atoms with van der Waals surface area (Å²) in [6.45, 7) is 2.22. The lowest BCUT2D eigenvalue weighted by atomic mass is 9.91. The fourth-order valence-electron chi connectivity index (χ4n) is 3.60. The van der Waals surface area contributed by atoms with Crippen molar-refractivity contribution in [1.29, 1.82) is 0 Å². The molecule has 1 nitrogen and oxygen atoms in total. The van der Waals surface area contributed by atoms with Gasteiger partial charge in [0.05, 0.1) is 6.10 Å². The van der Waals surface area contributed by atoms with Crippen molar-refractivity contribution in [3.05, 3.63) is 113 Å². The third-order valence-corrected chi connectivity index (χ3v) is 4.98. The molecule has 0 amide bonds. The summed E-state index contributed by atoms with van der Waals surface area (Å²) in [7, 11) is 0. The average molecular weight is 326 g/mol. The normalized spacial score (nSPS) is 22.0. The van der Waals surface area contributed by atoms with Crippen LogP contribution in [0, 0.1) is 0 Å². The van der Waals surface area contributed by atoms with Crippen LogP contribution in [0.4, 0.5) is 0 Å². The molecule has 124 valence electrons. The molecule has 0 unspecified atom stereocenters. The van der Waals surface area contributed by atoms with Crippen molar-refractivity contribution in [3.8, 4) is 0 Å². The first-order valence-electron chi connectivity index (χ1n) is 8.83. The minimum absolute atomic E-state index is 0.0200. The predicted octanol–water partition coefficient (Wildman–Crippen LogP) is 6.36. The van der Waals surface area contributed by atoms with Crippen molar-refractivity contribution in [3.63, 3.8) is 0 Å². The van der Waals surface area contributed by atoms with E-state index in [0.29, 0.717) is 0 Å². The van der Waals surface area contributed by atoms with E-state index < -0.39 is 0 Å². The Hall–Kier alpha value is -2.64. The molecule has 0 spiro atoms. The highest BCUT2D eigenvalue weighted by Crippen LogP contribution is 2.47. The Morgan fingerprint density at radius 1 is 0.720 bits per heavy atom. The van der Waals surface area contributed by atoms with Crippen LogP contribution in [-0.4, -0.2) is 0 Å². The summed E-state index contributed by atoms with van der Waals surface area (Å²) >= 11 is 0. The monoisotopic (exact) mass is 326 g/mol. The molecule has 0 saturated carbocycles. The highest BCUT2D eigenvalue weighted by molar-refractivity contribution is 5.68. The first kappa shape index (κ1) is 15.9. The molecule has 1 heterocycles. The van der Waals surface area contributed by atoms with Gasteiger partial charge in [0, 0.05) is 6.42 Å². The molecular weight excluding hydrogens is 304 g/mol. The van der Waals surface area contributed by atoms with Crippen LogP contribution >= 0.6 is 0 Å². The summed E-state index contributed by atoms with van der Waals surface area (Å²) in [5.74, 6) is 0. The van der Waals surface area contributed by atoms with Crippen LogP contribution in [0.15, 0.2) is 96.6 Å². The minimum atomic E-state index is 0.0200. The zero-order valence-corrected chi connectivity index (χ0v) is 14.4. The second-order valence-corrected chi connectivity index (χ2v) is 6.55. The van der Waals surface area contributed by atoms with Gasteiger partial charge < -0.3 is 4.74 Å². The number of hydrogen-bond donors (Lipinski definition) is 0. The molecule has 1 aliphatic rings. The van der Waals surface area contributed by atoms with E-state index >= 15 is 0 Å². The summed E-state index contributed by atoms with van der Waals surface area (Å²) in [6, 6.07) is 31.7. The Balaban J connectivity index is 1.76. The van der Waals surface area contributed by atoms with Crippen molar-refractivity contribution in [2.75, 3.05) is 0 Å². The Morgan fingerprint density at radius 2 is 1.24 bits per heavy atom. The maximum absolute atomic E-state index is 6.53. The van der Waals surface area contributed by atoms with E-state index in [4.69, 9.17) is 4.74 Å². The lowest BCUT2D eigenvalue weighted by Gasteiger charge is -2.16.